The second-order valence-electron chi connectivity index (χ2n) is 6.58. The predicted octanol–water partition coefficient (Wildman–Crippen LogP) is 6.09. The molecule has 20 heavy (non-hydrogen) atoms. The molecule has 1 rings (SSSR count). The van der Waals surface area contributed by atoms with Gasteiger partial charge in [0.05, 0.1) is 6.10 Å². The molecular formula is C17H28OSSi. The highest BCUT2D eigenvalue weighted by atomic mass is 32.2. The van der Waals surface area contributed by atoms with E-state index >= 15 is 0 Å². The van der Waals surface area contributed by atoms with Crippen molar-refractivity contribution in [1.82, 2.24) is 0 Å². The van der Waals surface area contributed by atoms with Gasteiger partial charge in [0.15, 0.2) is 8.32 Å². The Morgan fingerprint density at radius 1 is 1.20 bits per heavy atom. The lowest BCUT2D eigenvalue weighted by Gasteiger charge is -2.38. The van der Waals surface area contributed by atoms with Gasteiger partial charge >= 0.3 is 0 Å². The number of thioether (sulfide) groups is 1. The number of hydrogen-bond donors (Lipinski definition) is 0. The molecule has 0 saturated carbocycles. The molecule has 0 amide bonds. The molecule has 0 aliphatic heterocycles. The van der Waals surface area contributed by atoms with Gasteiger partial charge in [0.1, 0.15) is 0 Å². The molecule has 0 heterocycles. The minimum atomic E-state index is -1.68. The van der Waals surface area contributed by atoms with E-state index in [2.05, 4.69) is 76.5 Å². The second kappa shape index (κ2) is 7.48. The molecule has 0 spiro atoms. The Hall–Kier alpha value is -0.513. The normalized spacial score (nSPS) is 14.7. The first-order chi connectivity index (χ1) is 9.26. The van der Waals surface area contributed by atoms with Crippen LogP contribution in [0.2, 0.25) is 18.1 Å². The molecule has 1 aromatic carbocycles. The van der Waals surface area contributed by atoms with E-state index in [1.165, 1.54) is 4.90 Å². The lowest BCUT2D eigenvalue weighted by atomic mass is 10.2. The molecule has 3 heteroatoms. The first-order valence-electron chi connectivity index (χ1n) is 7.32. The summed E-state index contributed by atoms with van der Waals surface area (Å²) < 4.78 is 6.43. The first kappa shape index (κ1) is 17.5. The van der Waals surface area contributed by atoms with E-state index in [0.29, 0.717) is 0 Å². The van der Waals surface area contributed by atoms with Crippen LogP contribution < -0.4 is 0 Å². The molecule has 1 nitrogen and oxygen atoms in total. The minimum absolute atomic E-state index is 0.229. The van der Waals surface area contributed by atoms with Crippen LogP contribution in [0, 0.1) is 0 Å². The quantitative estimate of drug-likeness (QED) is 0.464. The van der Waals surface area contributed by atoms with Crippen LogP contribution in [-0.4, -0.2) is 14.4 Å². The van der Waals surface area contributed by atoms with Crippen LogP contribution in [0.4, 0.5) is 0 Å². The molecule has 0 N–H and O–H groups in total. The van der Waals surface area contributed by atoms with Crippen molar-refractivity contribution < 1.29 is 4.43 Å². The average Bonchev–Trinajstić information content (AvgIpc) is 2.37. The highest BCUT2D eigenvalue weighted by Crippen LogP contribution is 2.37. The Balaban J connectivity index is 2.59. The predicted molar refractivity (Wildman–Crippen MR) is 93.8 cm³/mol. The molecule has 0 radical (unpaired) electrons. The lowest BCUT2D eigenvalue weighted by Crippen LogP contribution is -2.43. The molecule has 0 aliphatic rings. The van der Waals surface area contributed by atoms with Crippen molar-refractivity contribution in [3.05, 3.63) is 41.8 Å². The summed E-state index contributed by atoms with van der Waals surface area (Å²) in [5, 5.41) is 2.43. The van der Waals surface area contributed by atoms with Gasteiger partial charge in [-0.1, -0.05) is 63.7 Å². The van der Waals surface area contributed by atoms with Crippen LogP contribution >= 0.6 is 11.8 Å². The molecule has 0 bridgehead atoms. The fraction of sp³-hybridized carbons (Fsp3) is 0.529. The van der Waals surface area contributed by atoms with E-state index in [0.717, 1.165) is 6.42 Å². The average molecular weight is 309 g/mol. The second-order valence-corrected chi connectivity index (χ2v) is 12.3. The summed E-state index contributed by atoms with van der Waals surface area (Å²) in [6.45, 7) is 13.7. The molecule has 1 unspecified atom stereocenters. The van der Waals surface area contributed by atoms with Crippen LogP contribution in [0.15, 0.2) is 46.7 Å². The Bertz CT molecular complexity index is 420. The summed E-state index contributed by atoms with van der Waals surface area (Å²) in [4.78, 5) is 1.27. The van der Waals surface area contributed by atoms with E-state index in [1.807, 2.05) is 6.07 Å². The topological polar surface area (TPSA) is 9.23 Å². The zero-order valence-electron chi connectivity index (χ0n) is 13.6. The highest BCUT2D eigenvalue weighted by Gasteiger charge is 2.38. The van der Waals surface area contributed by atoms with Gasteiger partial charge in [0, 0.05) is 4.90 Å². The molecule has 1 atom stereocenters. The zero-order valence-corrected chi connectivity index (χ0v) is 15.5. The van der Waals surface area contributed by atoms with Crippen LogP contribution in [0.25, 0.3) is 0 Å². The summed E-state index contributed by atoms with van der Waals surface area (Å²) >= 11 is 1.75. The van der Waals surface area contributed by atoms with E-state index < -0.39 is 8.32 Å². The maximum Gasteiger partial charge on any atom is 0.192 e. The molecule has 0 aromatic heterocycles. The van der Waals surface area contributed by atoms with E-state index in [4.69, 9.17) is 4.43 Å². The van der Waals surface area contributed by atoms with E-state index in [1.54, 1.807) is 11.8 Å². The Kier molecular flexibility index (Phi) is 6.56. The highest BCUT2D eigenvalue weighted by molar-refractivity contribution is 8.02. The summed E-state index contributed by atoms with van der Waals surface area (Å²) in [5.41, 5.74) is 0. The Morgan fingerprint density at radius 2 is 1.80 bits per heavy atom. The molecule has 112 valence electrons. The lowest BCUT2D eigenvalue weighted by molar-refractivity contribution is 0.221. The maximum atomic E-state index is 6.43. The van der Waals surface area contributed by atoms with Crippen molar-refractivity contribution in [1.29, 1.82) is 0 Å². The summed E-state index contributed by atoms with van der Waals surface area (Å²) in [7, 11) is -1.68. The number of hydrogen-bond acceptors (Lipinski definition) is 2. The van der Waals surface area contributed by atoms with Gasteiger partial charge in [-0.25, -0.2) is 0 Å². The summed E-state index contributed by atoms with van der Waals surface area (Å²) in [6.07, 6.45) is 3.46. The molecule has 0 aliphatic carbocycles. The maximum absolute atomic E-state index is 6.43. The third-order valence-electron chi connectivity index (χ3n) is 3.90. The van der Waals surface area contributed by atoms with Crippen molar-refractivity contribution >= 4 is 20.1 Å². The monoisotopic (exact) mass is 308 g/mol. The van der Waals surface area contributed by atoms with Crippen molar-refractivity contribution in [2.45, 2.75) is 63.2 Å². The van der Waals surface area contributed by atoms with Crippen molar-refractivity contribution in [3.8, 4) is 0 Å². The minimum Gasteiger partial charge on any atom is -0.411 e. The molecule has 0 saturated heterocycles. The standard InChI is InChI=1S/C17H28OSSi/c1-7-15(18-20(5,6)17(2,3)4)13-14-19-16-11-9-8-10-12-16/h8-15H,7H2,1-6H3. The first-order valence-corrected chi connectivity index (χ1v) is 11.1. The van der Waals surface area contributed by atoms with Crippen LogP contribution in [-0.2, 0) is 4.43 Å². The van der Waals surface area contributed by atoms with Crippen molar-refractivity contribution in [2.24, 2.45) is 0 Å². The largest absolute Gasteiger partial charge is 0.411 e. The SMILES string of the molecule is CCC(C=CSc1ccccc1)O[Si](C)(C)C(C)(C)C. The van der Waals surface area contributed by atoms with Crippen LogP contribution in [0.5, 0.6) is 0 Å². The van der Waals surface area contributed by atoms with E-state index in [-0.39, 0.29) is 11.1 Å². The third-order valence-corrected chi connectivity index (χ3v) is 9.24. The molecule has 1 aromatic rings. The Labute approximate surface area is 129 Å². The van der Waals surface area contributed by atoms with Crippen molar-refractivity contribution in [2.75, 3.05) is 0 Å². The van der Waals surface area contributed by atoms with Gasteiger partial charge in [-0.3, -0.25) is 0 Å². The third kappa shape index (κ3) is 5.47. The van der Waals surface area contributed by atoms with Gasteiger partial charge in [-0.05, 0) is 42.1 Å². The molecular weight excluding hydrogens is 280 g/mol. The van der Waals surface area contributed by atoms with Gasteiger partial charge in [0.25, 0.3) is 0 Å². The van der Waals surface area contributed by atoms with Gasteiger partial charge < -0.3 is 4.43 Å². The van der Waals surface area contributed by atoms with Gasteiger partial charge in [-0.15, -0.1) is 0 Å². The number of benzene rings is 1. The van der Waals surface area contributed by atoms with Crippen LogP contribution in [0.1, 0.15) is 34.1 Å². The fourth-order valence-electron chi connectivity index (χ4n) is 1.52. The zero-order chi connectivity index (χ0) is 15.2. The number of rotatable bonds is 6. The van der Waals surface area contributed by atoms with E-state index in [9.17, 15) is 0 Å². The fourth-order valence-corrected chi connectivity index (χ4v) is 3.60. The Morgan fingerprint density at radius 3 is 2.30 bits per heavy atom. The van der Waals surface area contributed by atoms with Crippen molar-refractivity contribution in [3.63, 3.8) is 0 Å². The summed E-state index contributed by atoms with van der Waals surface area (Å²) in [6, 6.07) is 10.4. The summed E-state index contributed by atoms with van der Waals surface area (Å²) in [5.74, 6) is 0. The van der Waals surface area contributed by atoms with Gasteiger partial charge in [0.2, 0.25) is 0 Å². The van der Waals surface area contributed by atoms with Gasteiger partial charge in [-0.2, -0.15) is 0 Å². The molecule has 0 fully saturated rings. The smallest absolute Gasteiger partial charge is 0.192 e. The van der Waals surface area contributed by atoms with Crippen LogP contribution in [0.3, 0.4) is 0 Å².